The molecule has 10 heteroatoms. The van der Waals surface area contributed by atoms with Gasteiger partial charge in [0.25, 0.3) is 0 Å². The lowest BCUT2D eigenvalue weighted by Gasteiger charge is -2.32. The van der Waals surface area contributed by atoms with Crippen molar-refractivity contribution in [3.8, 4) is 0 Å². The van der Waals surface area contributed by atoms with Gasteiger partial charge in [-0.2, -0.15) is 0 Å². The lowest BCUT2D eigenvalue weighted by molar-refractivity contribution is -0.125. The van der Waals surface area contributed by atoms with E-state index in [9.17, 15) is 18.4 Å². The van der Waals surface area contributed by atoms with E-state index in [1.54, 1.807) is 6.07 Å². The molecule has 2 aliphatic rings. The molecule has 1 aromatic carbocycles. The Morgan fingerprint density at radius 3 is 2.55 bits per heavy atom. The summed E-state index contributed by atoms with van der Waals surface area (Å²) in [6.07, 6.45) is 3.92. The number of carbonyl (C=O) groups is 2. The maximum atomic E-state index is 13.6. The number of aromatic nitrogens is 2. The van der Waals surface area contributed by atoms with Gasteiger partial charge in [0.15, 0.2) is 5.82 Å². The normalized spacial score (nSPS) is 18.5. The molecule has 4 rings (SSSR count). The first-order valence-corrected chi connectivity index (χ1v) is 11.2. The fourth-order valence-corrected chi connectivity index (χ4v) is 4.05. The van der Waals surface area contributed by atoms with Crippen molar-refractivity contribution < 1.29 is 18.4 Å². The van der Waals surface area contributed by atoms with E-state index in [1.165, 1.54) is 6.07 Å². The Morgan fingerprint density at radius 1 is 1.10 bits per heavy atom. The minimum Gasteiger partial charge on any atom is -0.354 e. The largest absolute Gasteiger partial charge is 0.354 e. The van der Waals surface area contributed by atoms with Gasteiger partial charge in [0.1, 0.15) is 22.3 Å². The van der Waals surface area contributed by atoms with Crippen LogP contribution in [-0.2, 0) is 9.59 Å². The predicted octanol–water partition coefficient (Wildman–Crippen LogP) is 2.98. The number of nitrogens with zero attached hydrogens (tertiary/aromatic N) is 3. The number of benzene rings is 1. The zero-order valence-corrected chi connectivity index (χ0v) is 17.6. The van der Waals surface area contributed by atoms with Gasteiger partial charge in [0.05, 0.1) is 11.7 Å². The number of carbonyl (C=O) groups excluding carboxylic acids is 2. The number of thioether (sulfide) groups is 1. The van der Waals surface area contributed by atoms with Gasteiger partial charge in [0.2, 0.25) is 11.8 Å². The number of rotatable bonds is 7. The van der Waals surface area contributed by atoms with Crippen LogP contribution < -0.4 is 15.5 Å². The van der Waals surface area contributed by atoms with Crippen LogP contribution in [0.4, 0.5) is 20.3 Å². The van der Waals surface area contributed by atoms with Crippen LogP contribution in [0.5, 0.6) is 0 Å². The summed E-state index contributed by atoms with van der Waals surface area (Å²) in [5.41, 5.74) is -0.458. The minimum absolute atomic E-state index is 0.0484. The van der Waals surface area contributed by atoms with Gasteiger partial charge >= 0.3 is 0 Å². The van der Waals surface area contributed by atoms with Gasteiger partial charge in [-0.05, 0) is 49.9 Å². The molecule has 0 bridgehead atoms. The maximum absolute atomic E-state index is 13.6. The standard InChI is InChI=1S/C21H23F2N5O2S/c22-15-4-1-5-16(23)20(15)25-18(29)12-31-19-9-8-17(26-27-19)28-10-2-3-13(11-28)21(30)24-14-6-7-14/h1,4-5,8-9,13-14H,2-3,6-7,10-12H2,(H,24,30)(H,25,29)/t13-/m1/s1. The third-order valence-electron chi connectivity index (χ3n) is 5.24. The Kier molecular flexibility index (Phi) is 6.64. The molecule has 1 atom stereocenters. The van der Waals surface area contributed by atoms with E-state index < -0.39 is 23.2 Å². The van der Waals surface area contributed by atoms with Crippen LogP contribution in [0.15, 0.2) is 35.4 Å². The first-order chi connectivity index (χ1) is 15.0. The summed E-state index contributed by atoms with van der Waals surface area (Å²) in [4.78, 5) is 26.4. The number of anilines is 2. The molecule has 1 saturated carbocycles. The molecule has 1 aromatic heterocycles. The number of piperidine rings is 1. The van der Waals surface area contributed by atoms with Crippen molar-refractivity contribution in [2.45, 2.75) is 36.8 Å². The van der Waals surface area contributed by atoms with E-state index in [2.05, 4.69) is 25.7 Å². The average Bonchev–Trinajstić information content (AvgIpc) is 3.59. The van der Waals surface area contributed by atoms with E-state index in [-0.39, 0.29) is 17.6 Å². The van der Waals surface area contributed by atoms with Crippen LogP contribution in [0.3, 0.4) is 0 Å². The summed E-state index contributed by atoms with van der Waals surface area (Å²) in [5.74, 6) is -1.50. The quantitative estimate of drug-likeness (QED) is 0.635. The van der Waals surface area contributed by atoms with Crippen LogP contribution in [0.25, 0.3) is 0 Å². The Hall–Kier alpha value is -2.75. The zero-order valence-electron chi connectivity index (χ0n) is 16.8. The lowest BCUT2D eigenvalue weighted by Crippen LogP contribution is -2.44. The highest BCUT2D eigenvalue weighted by Gasteiger charge is 2.31. The highest BCUT2D eigenvalue weighted by atomic mass is 32.2. The van der Waals surface area contributed by atoms with E-state index >= 15 is 0 Å². The third kappa shape index (κ3) is 5.69. The summed E-state index contributed by atoms with van der Waals surface area (Å²) >= 11 is 1.12. The molecule has 2 aromatic rings. The first kappa shape index (κ1) is 21.5. The van der Waals surface area contributed by atoms with Crippen LogP contribution in [-0.4, -0.2) is 46.9 Å². The van der Waals surface area contributed by atoms with Crippen molar-refractivity contribution >= 4 is 35.1 Å². The second-order valence-corrected chi connectivity index (χ2v) is 8.73. The molecule has 1 aliphatic heterocycles. The minimum atomic E-state index is -0.826. The Balaban J connectivity index is 1.28. The molecule has 0 unspecified atom stereocenters. The fourth-order valence-electron chi connectivity index (χ4n) is 3.44. The molecule has 2 N–H and O–H groups in total. The van der Waals surface area contributed by atoms with Crippen LogP contribution in [0, 0.1) is 17.6 Å². The van der Waals surface area contributed by atoms with Crippen molar-refractivity contribution in [3.63, 3.8) is 0 Å². The second-order valence-electron chi connectivity index (χ2n) is 7.73. The lowest BCUT2D eigenvalue weighted by atomic mass is 9.97. The molecule has 2 amide bonds. The summed E-state index contributed by atoms with van der Waals surface area (Å²) in [6.45, 7) is 1.42. The Morgan fingerprint density at radius 2 is 1.87 bits per heavy atom. The monoisotopic (exact) mass is 447 g/mol. The van der Waals surface area contributed by atoms with Gasteiger partial charge in [-0.25, -0.2) is 8.78 Å². The van der Waals surface area contributed by atoms with E-state index in [0.717, 1.165) is 56.1 Å². The zero-order chi connectivity index (χ0) is 21.8. The number of amides is 2. The smallest absolute Gasteiger partial charge is 0.234 e. The van der Waals surface area contributed by atoms with Gasteiger partial charge in [-0.1, -0.05) is 17.8 Å². The molecule has 31 heavy (non-hydrogen) atoms. The predicted molar refractivity (Wildman–Crippen MR) is 114 cm³/mol. The number of hydrogen-bond acceptors (Lipinski definition) is 6. The van der Waals surface area contributed by atoms with Gasteiger partial charge in [-0.3, -0.25) is 9.59 Å². The molecule has 0 spiro atoms. The summed E-state index contributed by atoms with van der Waals surface area (Å²) in [7, 11) is 0. The molecule has 2 heterocycles. The van der Waals surface area contributed by atoms with Crippen molar-refractivity contribution in [2.75, 3.05) is 29.1 Å². The summed E-state index contributed by atoms with van der Waals surface area (Å²) in [5, 5.41) is 14.2. The van der Waals surface area contributed by atoms with Crippen molar-refractivity contribution in [3.05, 3.63) is 42.0 Å². The number of hydrogen-bond donors (Lipinski definition) is 2. The molecule has 0 radical (unpaired) electrons. The number of nitrogens with one attached hydrogen (secondary N) is 2. The summed E-state index contributed by atoms with van der Waals surface area (Å²) in [6, 6.07) is 7.30. The van der Waals surface area contributed by atoms with Crippen LogP contribution >= 0.6 is 11.8 Å². The van der Waals surface area contributed by atoms with Crippen molar-refractivity contribution in [1.82, 2.24) is 15.5 Å². The highest BCUT2D eigenvalue weighted by Crippen LogP contribution is 2.25. The topological polar surface area (TPSA) is 87.2 Å². The van der Waals surface area contributed by atoms with Crippen LogP contribution in [0.1, 0.15) is 25.7 Å². The second kappa shape index (κ2) is 9.59. The van der Waals surface area contributed by atoms with Gasteiger partial charge in [0, 0.05) is 19.1 Å². The molecule has 164 valence electrons. The molecular formula is C21H23F2N5O2S. The highest BCUT2D eigenvalue weighted by molar-refractivity contribution is 7.99. The van der Waals surface area contributed by atoms with E-state index in [0.29, 0.717) is 23.4 Å². The van der Waals surface area contributed by atoms with Crippen molar-refractivity contribution in [2.24, 2.45) is 5.92 Å². The van der Waals surface area contributed by atoms with E-state index in [4.69, 9.17) is 0 Å². The molecule has 7 nitrogen and oxygen atoms in total. The third-order valence-corrected chi connectivity index (χ3v) is 6.16. The molecule has 1 aliphatic carbocycles. The molecule has 2 fully saturated rings. The van der Waals surface area contributed by atoms with Gasteiger partial charge < -0.3 is 15.5 Å². The Bertz CT molecular complexity index is 935. The number of para-hydroxylation sites is 1. The summed E-state index contributed by atoms with van der Waals surface area (Å²) < 4.78 is 27.2. The number of halogens is 2. The van der Waals surface area contributed by atoms with Gasteiger partial charge in [-0.15, -0.1) is 10.2 Å². The SMILES string of the molecule is O=C(CSc1ccc(N2CCC[C@@H](C(=O)NC3CC3)C2)nn1)Nc1c(F)cccc1F. The Labute approximate surface area is 183 Å². The average molecular weight is 448 g/mol. The molecule has 1 saturated heterocycles. The van der Waals surface area contributed by atoms with Crippen LogP contribution in [0.2, 0.25) is 0 Å². The molecular weight excluding hydrogens is 424 g/mol. The fraction of sp³-hybridized carbons (Fsp3) is 0.429. The maximum Gasteiger partial charge on any atom is 0.234 e. The van der Waals surface area contributed by atoms with E-state index in [1.807, 2.05) is 6.07 Å². The van der Waals surface area contributed by atoms with Crippen molar-refractivity contribution in [1.29, 1.82) is 0 Å². The first-order valence-electron chi connectivity index (χ1n) is 10.3.